The first-order valence-electron chi connectivity index (χ1n) is 9.40. The Bertz CT molecular complexity index is 680. The molecular formula is C21H27N3O2. The van der Waals surface area contributed by atoms with Gasteiger partial charge in [-0.15, -0.1) is 0 Å². The smallest absolute Gasteiger partial charge is 0.255 e. The summed E-state index contributed by atoms with van der Waals surface area (Å²) < 4.78 is 0. The quantitative estimate of drug-likeness (QED) is 0.803. The lowest BCUT2D eigenvalue weighted by atomic mass is 9.90. The number of hydrogen-bond donors (Lipinski definition) is 2. The van der Waals surface area contributed by atoms with E-state index < -0.39 is 0 Å². The number of nitrogens with one attached hydrogen (secondary N) is 1. The van der Waals surface area contributed by atoms with Crippen molar-refractivity contribution in [1.29, 1.82) is 0 Å². The van der Waals surface area contributed by atoms with E-state index in [4.69, 9.17) is 5.11 Å². The molecule has 0 radical (unpaired) electrons. The van der Waals surface area contributed by atoms with Crippen LogP contribution in [0.3, 0.4) is 0 Å². The summed E-state index contributed by atoms with van der Waals surface area (Å²) in [7, 11) is 0. The molecule has 138 valence electrons. The second kappa shape index (κ2) is 9.34. The third-order valence-electron chi connectivity index (χ3n) is 5.01. The number of aliphatic hydroxyl groups excluding tert-OH is 1. The van der Waals surface area contributed by atoms with Gasteiger partial charge in [-0.1, -0.05) is 30.3 Å². The fraction of sp³-hybridized carbons (Fsp3) is 0.429. The third-order valence-corrected chi connectivity index (χ3v) is 5.01. The highest BCUT2D eigenvalue weighted by molar-refractivity contribution is 5.94. The van der Waals surface area contributed by atoms with Gasteiger partial charge >= 0.3 is 0 Å². The second-order valence-corrected chi connectivity index (χ2v) is 6.84. The first kappa shape index (κ1) is 18.4. The lowest BCUT2D eigenvalue weighted by molar-refractivity contribution is 0.0686. The Balaban J connectivity index is 1.45. The van der Waals surface area contributed by atoms with Crippen molar-refractivity contribution in [2.75, 3.05) is 31.6 Å². The Hall–Kier alpha value is -2.40. The number of benzene rings is 1. The molecule has 1 aliphatic heterocycles. The van der Waals surface area contributed by atoms with Crippen molar-refractivity contribution in [2.24, 2.45) is 5.92 Å². The minimum atomic E-state index is 0.0571. The van der Waals surface area contributed by atoms with E-state index in [9.17, 15) is 4.79 Å². The highest BCUT2D eigenvalue weighted by atomic mass is 16.3. The monoisotopic (exact) mass is 353 g/mol. The van der Waals surface area contributed by atoms with Crippen LogP contribution >= 0.6 is 0 Å². The number of piperidine rings is 1. The van der Waals surface area contributed by atoms with Crippen LogP contribution in [0.1, 0.15) is 35.2 Å². The predicted octanol–water partition coefficient (Wildman–Crippen LogP) is 2.97. The molecule has 26 heavy (non-hydrogen) atoms. The minimum Gasteiger partial charge on any atom is -0.395 e. The molecule has 3 rings (SSSR count). The van der Waals surface area contributed by atoms with Gasteiger partial charge in [0.05, 0.1) is 12.2 Å². The van der Waals surface area contributed by atoms with Crippen LogP contribution in [-0.2, 0) is 6.42 Å². The molecule has 5 nitrogen and oxygen atoms in total. The van der Waals surface area contributed by atoms with E-state index in [1.54, 1.807) is 18.3 Å². The normalized spacial score (nSPS) is 15.0. The van der Waals surface area contributed by atoms with Gasteiger partial charge in [0.15, 0.2) is 0 Å². The minimum absolute atomic E-state index is 0.0571. The summed E-state index contributed by atoms with van der Waals surface area (Å²) in [5.41, 5.74) is 2.02. The van der Waals surface area contributed by atoms with E-state index in [1.807, 2.05) is 4.90 Å². The Labute approximate surface area is 155 Å². The molecule has 2 N–H and O–H groups in total. The Morgan fingerprint density at radius 2 is 1.92 bits per heavy atom. The van der Waals surface area contributed by atoms with Crippen LogP contribution in [0.5, 0.6) is 0 Å². The Morgan fingerprint density at radius 3 is 2.58 bits per heavy atom. The molecule has 1 aromatic carbocycles. The van der Waals surface area contributed by atoms with Crippen molar-refractivity contribution < 1.29 is 9.90 Å². The maximum absolute atomic E-state index is 12.6. The van der Waals surface area contributed by atoms with Crippen molar-refractivity contribution in [2.45, 2.75) is 25.7 Å². The molecule has 2 heterocycles. The Morgan fingerprint density at radius 1 is 1.15 bits per heavy atom. The van der Waals surface area contributed by atoms with Crippen molar-refractivity contribution in [1.82, 2.24) is 9.88 Å². The van der Waals surface area contributed by atoms with E-state index in [1.165, 1.54) is 12.0 Å². The van der Waals surface area contributed by atoms with Crippen molar-refractivity contribution >= 4 is 11.7 Å². The number of aliphatic hydroxyl groups is 1. The lowest BCUT2D eigenvalue weighted by Crippen LogP contribution is -2.38. The maximum Gasteiger partial charge on any atom is 0.255 e. The van der Waals surface area contributed by atoms with E-state index >= 15 is 0 Å². The molecule has 1 aromatic heterocycles. The van der Waals surface area contributed by atoms with Gasteiger partial charge in [0.2, 0.25) is 0 Å². The number of anilines is 1. The van der Waals surface area contributed by atoms with Crippen LogP contribution < -0.4 is 5.32 Å². The summed E-state index contributed by atoms with van der Waals surface area (Å²) >= 11 is 0. The molecular weight excluding hydrogens is 326 g/mol. The van der Waals surface area contributed by atoms with Gasteiger partial charge in [-0.3, -0.25) is 4.79 Å². The molecule has 0 bridgehead atoms. The highest BCUT2D eigenvalue weighted by Gasteiger charge is 2.23. The fourth-order valence-corrected chi connectivity index (χ4v) is 3.43. The highest BCUT2D eigenvalue weighted by Crippen LogP contribution is 2.23. The molecule has 1 fully saturated rings. The standard InChI is InChI=1S/C21H27N3O2/c25-15-12-22-20-9-8-19(16-23-20)21(26)24-13-10-18(11-14-24)7-6-17-4-2-1-3-5-17/h1-5,8-9,16,18,25H,6-7,10-15H2,(H,22,23). The van der Waals surface area contributed by atoms with E-state index in [2.05, 4.69) is 40.6 Å². The zero-order valence-electron chi connectivity index (χ0n) is 15.1. The molecule has 0 saturated carbocycles. The number of aromatic nitrogens is 1. The van der Waals surface area contributed by atoms with Gasteiger partial charge in [-0.25, -0.2) is 4.98 Å². The number of carbonyl (C=O) groups is 1. The number of pyridine rings is 1. The number of aryl methyl sites for hydroxylation is 1. The molecule has 2 aromatic rings. The zero-order valence-corrected chi connectivity index (χ0v) is 15.1. The molecule has 1 saturated heterocycles. The number of nitrogens with zero attached hydrogens (tertiary/aromatic N) is 2. The van der Waals surface area contributed by atoms with Gasteiger partial charge in [0.1, 0.15) is 5.82 Å². The topological polar surface area (TPSA) is 65.5 Å². The largest absolute Gasteiger partial charge is 0.395 e. The summed E-state index contributed by atoms with van der Waals surface area (Å²) in [4.78, 5) is 18.8. The maximum atomic E-state index is 12.6. The number of carbonyl (C=O) groups excluding carboxylic acids is 1. The Kier molecular flexibility index (Phi) is 6.61. The van der Waals surface area contributed by atoms with Crippen LogP contribution in [-0.4, -0.2) is 47.1 Å². The summed E-state index contributed by atoms with van der Waals surface area (Å²) in [6.07, 6.45) is 6.07. The molecule has 0 atom stereocenters. The molecule has 1 aliphatic rings. The lowest BCUT2D eigenvalue weighted by Gasteiger charge is -2.32. The van der Waals surface area contributed by atoms with E-state index in [-0.39, 0.29) is 12.5 Å². The van der Waals surface area contributed by atoms with Crippen molar-refractivity contribution in [3.05, 3.63) is 59.8 Å². The van der Waals surface area contributed by atoms with Gasteiger partial charge in [0, 0.05) is 25.8 Å². The van der Waals surface area contributed by atoms with Gasteiger partial charge in [-0.2, -0.15) is 0 Å². The SMILES string of the molecule is O=C(c1ccc(NCCO)nc1)N1CCC(CCc2ccccc2)CC1. The van der Waals surface area contributed by atoms with Gasteiger partial charge < -0.3 is 15.3 Å². The third kappa shape index (κ3) is 5.05. The van der Waals surface area contributed by atoms with Crippen LogP contribution in [0.15, 0.2) is 48.7 Å². The summed E-state index contributed by atoms with van der Waals surface area (Å²) in [5, 5.41) is 11.8. The molecule has 0 aliphatic carbocycles. The van der Waals surface area contributed by atoms with Crippen LogP contribution in [0.2, 0.25) is 0 Å². The van der Waals surface area contributed by atoms with E-state index in [0.717, 1.165) is 32.4 Å². The van der Waals surface area contributed by atoms with Crippen LogP contribution in [0.25, 0.3) is 0 Å². The van der Waals surface area contributed by atoms with Crippen LogP contribution in [0.4, 0.5) is 5.82 Å². The summed E-state index contributed by atoms with van der Waals surface area (Å²) in [6, 6.07) is 14.2. The summed E-state index contributed by atoms with van der Waals surface area (Å²) in [6.45, 7) is 2.16. The average molecular weight is 353 g/mol. The zero-order chi connectivity index (χ0) is 18.2. The molecule has 0 unspecified atom stereocenters. The number of likely N-dealkylation sites (tertiary alicyclic amines) is 1. The number of amides is 1. The molecule has 1 amide bonds. The number of rotatable bonds is 7. The van der Waals surface area contributed by atoms with Crippen molar-refractivity contribution in [3.8, 4) is 0 Å². The second-order valence-electron chi connectivity index (χ2n) is 6.84. The average Bonchev–Trinajstić information content (AvgIpc) is 2.72. The van der Waals surface area contributed by atoms with Crippen molar-refractivity contribution in [3.63, 3.8) is 0 Å². The molecule has 0 spiro atoms. The summed E-state index contributed by atoms with van der Waals surface area (Å²) in [5.74, 6) is 1.44. The number of hydrogen-bond acceptors (Lipinski definition) is 4. The first-order valence-corrected chi connectivity index (χ1v) is 9.40. The van der Waals surface area contributed by atoms with Gasteiger partial charge in [0.25, 0.3) is 5.91 Å². The van der Waals surface area contributed by atoms with Crippen LogP contribution in [0, 0.1) is 5.92 Å². The van der Waals surface area contributed by atoms with Gasteiger partial charge in [-0.05, 0) is 49.3 Å². The molecule has 5 heteroatoms. The first-order chi connectivity index (χ1) is 12.8. The predicted molar refractivity (Wildman–Crippen MR) is 103 cm³/mol. The van der Waals surface area contributed by atoms with E-state index in [0.29, 0.717) is 23.8 Å². The fourth-order valence-electron chi connectivity index (χ4n) is 3.43.